The summed E-state index contributed by atoms with van der Waals surface area (Å²) in [6.07, 6.45) is 5.22. The maximum Gasteiger partial charge on any atom is 0.325 e. The minimum atomic E-state index is -0.476. The molecule has 0 unspecified atom stereocenters. The second-order valence-corrected chi connectivity index (χ2v) is 5.81. The van der Waals surface area contributed by atoms with Crippen LogP contribution < -0.4 is 16.6 Å². The Labute approximate surface area is 122 Å². The van der Waals surface area contributed by atoms with Gasteiger partial charge < -0.3 is 19.8 Å². The van der Waals surface area contributed by atoms with Gasteiger partial charge in [0.2, 0.25) is 0 Å². The normalized spacial score (nSPS) is 25.0. The maximum atomic E-state index is 11.7. The van der Waals surface area contributed by atoms with Gasteiger partial charge in [-0.1, -0.05) is 0 Å². The van der Waals surface area contributed by atoms with Crippen LogP contribution in [0.4, 0.5) is 0 Å². The number of H-pyrrole nitrogens is 2. The number of hydrogen-bond acceptors (Lipinski definition) is 5. The van der Waals surface area contributed by atoms with Crippen LogP contribution in [0.2, 0.25) is 0 Å². The fourth-order valence-electron chi connectivity index (χ4n) is 3.12. The monoisotopic (exact) mass is 295 g/mol. The molecule has 2 saturated heterocycles. The summed E-state index contributed by atoms with van der Waals surface area (Å²) in [6, 6.07) is 0.322. The van der Waals surface area contributed by atoms with Crippen molar-refractivity contribution < 1.29 is 9.47 Å². The summed E-state index contributed by atoms with van der Waals surface area (Å²) in [5.74, 6) is 0. The molecule has 0 aliphatic carbocycles. The molecule has 0 amide bonds. The van der Waals surface area contributed by atoms with E-state index in [0.717, 1.165) is 45.5 Å². The lowest BCUT2D eigenvalue weighted by atomic mass is 9.84. The third-order valence-corrected chi connectivity index (χ3v) is 4.37. The van der Waals surface area contributed by atoms with Crippen molar-refractivity contribution in [3.05, 3.63) is 32.6 Å². The number of ether oxygens (including phenoxy) is 2. The molecule has 3 rings (SSSR count). The Morgan fingerprint density at radius 2 is 2.10 bits per heavy atom. The van der Waals surface area contributed by atoms with Crippen molar-refractivity contribution in [3.63, 3.8) is 0 Å². The van der Waals surface area contributed by atoms with E-state index in [1.54, 1.807) is 0 Å². The molecule has 1 aromatic rings. The van der Waals surface area contributed by atoms with Crippen molar-refractivity contribution in [3.8, 4) is 0 Å². The number of aromatic nitrogens is 2. The first-order chi connectivity index (χ1) is 10.2. The van der Waals surface area contributed by atoms with Gasteiger partial charge in [0.05, 0.1) is 5.60 Å². The summed E-state index contributed by atoms with van der Waals surface area (Å²) in [6.45, 7) is 2.70. The Hall–Kier alpha value is -1.44. The maximum absolute atomic E-state index is 11.7. The van der Waals surface area contributed by atoms with Crippen LogP contribution in [-0.4, -0.2) is 41.4 Å². The van der Waals surface area contributed by atoms with Crippen LogP contribution in [0.25, 0.3) is 0 Å². The largest absolute Gasteiger partial charge is 0.381 e. The van der Waals surface area contributed by atoms with Crippen molar-refractivity contribution in [1.82, 2.24) is 15.3 Å². The molecule has 3 N–H and O–H groups in total. The molecule has 7 heteroatoms. The summed E-state index contributed by atoms with van der Waals surface area (Å²) in [5.41, 5.74) is -0.330. The Bertz CT molecular complexity index is 583. The van der Waals surface area contributed by atoms with E-state index in [-0.39, 0.29) is 11.2 Å². The van der Waals surface area contributed by atoms with E-state index in [0.29, 0.717) is 18.2 Å². The summed E-state index contributed by atoms with van der Waals surface area (Å²) in [5, 5.41) is 3.41. The topological polar surface area (TPSA) is 96.2 Å². The molecule has 1 atom stereocenters. The van der Waals surface area contributed by atoms with Crippen LogP contribution in [0.15, 0.2) is 15.8 Å². The first-order valence-electron chi connectivity index (χ1n) is 7.43. The van der Waals surface area contributed by atoms with Crippen LogP contribution in [0.5, 0.6) is 0 Å². The van der Waals surface area contributed by atoms with Gasteiger partial charge in [-0.05, 0) is 25.7 Å². The number of aromatic amines is 2. The van der Waals surface area contributed by atoms with Gasteiger partial charge in [-0.2, -0.15) is 0 Å². The van der Waals surface area contributed by atoms with E-state index in [4.69, 9.17) is 9.47 Å². The van der Waals surface area contributed by atoms with Gasteiger partial charge in [-0.25, -0.2) is 4.79 Å². The SMILES string of the molecule is O=c1[nH]cc(CN[C@H]2CCOC3(CCOCC3)C2)c(=O)[nH]1. The molecular formula is C14H21N3O4. The highest BCUT2D eigenvalue weighted by Crippen LogP contribution is 2.34. The van der Waals surface area contributed by atoms with Gasteiger partial charge in [0.1, 0.15) is 0 Å². The Morgan fingerprint density at radius 3 is 2.86 bits per heavy atom. The van der Waals surface area contributed by atoms with Gasteiger partial charge in [-0.15, -0.1) is 0 Å². The molecule has 0 saturated carbocycles. The van der Waals surface area contributed by atoms with E-state index >= 15 is 0 Å². The van der Waals surface area contributed by atoms with Crippen LogP contribution in [0, 0.1) is 0 Å². The zero-order chi connectivity index (χ0) is 14.7. The van der Waals surface area contributed by atoms with Crippen LogP contribution >= 0.6 is 0 Å². The first kappa shape index (κ1) is 14.5. The minimum absolute atomic E-state index is 0.0639. The molecule has 21 heavy (non-hydrogen) atoms. The summed E-state index contributed by atoms with van der Waals surface area (Å²) in [7, 11) is 0. The van der Waals surface area contributed by atoms with Crippen molar-refractivity contribution in [2.24, 2.45) is 0 Å². The van der Waals surface area contributed by atoms with Gasteiger partial charge in [0.25, 0.3) is 5.56 Å². The Morgan fingerprint density at radius 1 is 1.29 bits per heavy atom. The second-order valence-electron chi connectivity index (χ2n) is 5.81. The third kappa shape index (κ3) is 3.42. The average Bonchev–Trinajstić information content (AvgIpc) is 2.47. The summed E-state index contributed by atoms with van der Waals surface area (Å²) < 4.78 is 11.4. The molecule has 2 aliphatic heterocycles. The minimum Gasteiger partial charge on any atom is -0.381 e. The number of rotatable bonds is 3. The molecule has 7 nitrogen and oxygen atoms in total. The molecule has 2 fully saturated rings. The third-order valence-electron chi connectivity index (χ3n) is 4.37. The first-order valence-corrected chi connectivity index (χ1v) is 7.43. The van der Waals surface area contributed by atoms with E-state index in [9.17, 15) is 9.59 Å². The lowest BCUT2D eigenvalue weighted by molar-refractivity contribution is -0.140. The van der Waals surface area contributed by atoms with Gasteiger partial charge >= 0.3 is 5.69 Å². The highest BCUT2D eigenvalue weighted by atomic mass is 16.5. The fourth-order valence-corrected chi connectivity index (χ4v) is 3.12. The van der Waals surface area contributed by atoms with E-state index in [1.807, 2.05) is 0 Å². The summed E-state index contributed by atoms with van der Waals surface area (Å²) in [4.78, 5) is 27.4. The molecular weight excluding hydrogens is 274 g/mol. The molecule has 0 aromatic carbocycles. The average molecular weight is 295 g/mol. The quantitative estimate of drug-likeness (QED) is 0.722. The zero-order valence-corrected chi connectivity index (χ0v) is 11.9. The zero-order valence-electron chi connectivity index (χ0n) is 11.9. The second kappa shape index (κ2) is 6.13. The van der Waals surface area contributed by atoms with Crippen molar-refractivity contribution in [1.29, 1.82) is 0 Å². The molecule has 116 valence electrons. The predicted molar refractivity (Wildman–Crippen MR) is 76.3 cm³/mol. The lowest BCUT2D eigenvalue weighted by Crippen LogP contribution is -2.49. The van der Waals surface area contributed by atoms with E-state index in [2.05, 4.69) is 15.3 Å². The van der Waals surface area contributed by atoms with E-state index in [1.165, 1.54) is 6.20 Å². The standard InChI is InChI=1S/C14H21N3O4/c18-12-10(9-16-13(19)17-12)8-15-11-1-4-21-14(7-11)2-5-20-6-3-14/h9,11,15H,1-8H2,(H2,16,17,18,19)/t11-/m0/s1. The smallest absolute Gasteiger partial charge is 0.325 e. The highest BCUT2D eigenvalue weighted by molar-refractivity contribution is 5.03. The Kier molecular flexibility index (Phi) is 4.23. The molecule has 1 spiro atoms. The molecule has 1 aromatic heterocycles. The fraction of sp³-hybridized carbons (Fsp3) is 0.714. The van der Waals surface area contributed by atoms with Gasteiger partial charge in [0, 0.05) is 44.2 Å². The van der Waals surface area contributed by atoms with Crippen LogP contribution in [-0.2, 0) is 16.0 Å². The van der Waals surface area contributed by atoms with E-state index < -0.39 is 5.69 Å². The van der Waals surface area contributed by atoms with Gasteiger partial charge in [-0.3, -0.25) is 9.78 Å². The van der Waals surface area contributed by atoms with Gasteiger partial charge in [0.15, 0.2) is 0 Å². The predicted octanol–water partition coefficient (Wildman–Crippen LogP) is -0.119. The van der Waals surface area contributed by atoms with Crippen molar-refractivity contribution in [2.75, 3.05) is 19.8 Å². The van der Waals surface area contributed by atoms with Crippen LogP contribution in [0.1, 0.15) is 31.2 Å². The van der Waals surface area contributed by atoms with Crippen LogP contribution in [0.3, 0.4) is 0 Å². The van der Waals surface area contributed by atoms with Crippen molar-refractivity contribution >= 4 is 0 Å². The highest BCUT2D eigenvalue weighted by Gasteiger charge is 2.38. The summed E-state index contributed by atoms with van der Waals surface area (Å²) >= 11 is 0. The lowest BCUT2D eigenvalue weighted by Gasteiger charge is -2.43. The molecule has 3 heterocycles. The van der Waals surface area contributed by atoms with Crippen molar-refractivity contribution in [2.45, 2.75) is 43.9 Å². The molecule has 0 bridgehead atoms. The number of hydrogen-bond donors (Lipinski definition) is 3. The molecule has 0 radical (unpaired) electrons. The molecule has 2 aliphatic rings. The number of nitrogens with one attached hydrogen (secondary N) is 3. The Balaban J connectivity index is 1.60.